The SMILES string of the molecule is CCCNCCNC(=O)c1ccc(-n2cnc3ccccc32)cc1. The maximum Gasteiger partial charge on any atom is 0.251 e. The highest BCUT2D eigenvalue weighted by molar-refractivity contribution is 5.94. The molecular weight excluding hydrogens is 300 g/mol. The van der Waals surface area contributed by atoms with Crippen molar-refractivity contribution in [1.82, 2.24) is 20.2 Å². The molecule has 124 valence electrons. The summed E-state index contributed by atoms with van der Waals surface area (Å²) < 4.78 is 2.02. The number of imidazole rings is 1. The second-order valence-corrected chi connectivity index (χ2v) is 5.66. The van der Waals surface area contributed by atoms with E-state index in [-0.39, 0.29) is 5.91 Å². The first-order chi connectivity index (χ1) is 11.8. The fraction of sp³-hybridized carbons (Fsp3) is 0.263. The summed E-state index contributed by atoms with van der Waals surface area (Å²) in [5.74, 6) is -0.0460. The van der Waals surface area contributed by atoms with Crippen molar-refractivity contribution in [3.05, 3.63) is 60.4 Å². The van der Waals surface area contributed by atoms with Gasteiger partial charge in [-0.3, -0.25) is 9.36 Å². The molecule has 24 heavy (non-hydrogen) atoms. The summed E-state index contributed by atoms with van der Waals surface area (Å²) >= 11 is 0. The first-order valence-corrected chi connectivity index (χ1v) is 8.31. The van der Waals surface area contributed by atoms with Crippen molar-refractivity contribution in [2.45, 2.75) is 13.3 Å². The molecule has 3 rings (SSSR count). The fourth-order valence-corrected chi connectivity index (χ4v) is 2.61. The van der Waals surface area contributed by atoms with Gasteiger partial charge in [-0.15, -0.1) is 0 Å². The highest BCUT2D eigenvalue weighted by Gasteiger charge is 2.07. The molecule has 1 heterocycles. The lowest BCUT2D eigenvalue weighted by atomic mass is 10.2. The zero-order chi connectivity index (χ0) is 16.8. The van der Waals surface area contributed by atoms with Crippen LogP contribution in [0.4, 0.5) is 0 Å². The molecule has 0 saturated carbocycles. The number of amides is 1. The topological polar surface area (TPSA) is 58.9 Å². The minimum Gasteiger partial charge on any atom is -0.351 e. The predicted octanol–water partition coefficient (Wildman–Crippen LogP) is 2.75. The Bertz CT molecular complexity index is 808. The largest absolute Gasteiger partial charge is 0.351 e. The number of aromatic nitrogens is 2. The highest BCUT2D eigenvalue weighted by Crippen LogP contribution is 2.18. The van der Waals surface area contributed by atoms with Crippen molar-refractivity contribution in [2.24, 2.45) is 0 Å². The lowest BCUT2D eigenvalue weighted by Gasteiger charge is -2.08. The molecule has 0 aliphatic heterocycles. The van der Waals surface area contributed by atoms with Crippen molar-refractivity contribution >= 4 is 16.9 Å². The summed E-state index contributed by atoms with van der Waals surface area (Å²) in [6, 6.07) is 15.6. The van der Waals surface area contributed by atoms with E-state index in [0.29, 0.717) is 12.1 Å². The van der Waals surface area contributed by atoms with E-state index in [2.05, 4.69) is 22.5 Å². The van der Waals surface area contributed by atoms with Crippen LogP contribution in [0.1, 0.15) is 23.7 Å². The van der Waals surface area contributed by atoms with Crippen LogP contribution >= 0.6 is 0 Å². The Labute approximate surface area is 141 Å². The maximum atomic E-state index is 12.1. The Kier molecular flexibility index (Phi) is 5.23. The second kappa shape index (κ2) is 7.75. The van der Waals surface area contributed by atoms with E-state index in [4.69, 9.17) is 0 Å². The van der Waals surface area contributed by atoms with Crippen molar-refractivity contribution in [3.63, 3.8) is 0 Å². The Hall–Kier alpha value is -2.66. The molecule has 1 amide bonds. The molecule has 0 aliphatic carbocycles. The molecule has 0 bridgehead atoms. The van der Waals surface area contributed by atoms with Gasteiger partial charge in [0.15, 0.2) is 0 Å². The third-order valence-corrected chi connectivity index (χ3v) is 3.88. The van der Waals surface area contributed by atoms with Crippen LogP contribution in [0.3, 0.4) is 0 Å². The van der Waals surface area contributed by atoms with Gasteiger partial charge in [0.25, 0.3) is 5.91 Å². The van der Waals surface area contributed by atoms with Crippen LogP contribution in [0.5, 0.6) is 0 Å². The molecule has 0 fully saturated rings. The molecule has 5 heteroatoms. The minimum absolute atomic E-state index is 0.0460. The monoisotopic (exact) mass is 322 g/mol. The predicted molar refractivity (Wildman–Crippen MR) is 96.6 cm³/mol. The number of nitrogens with one attached hydrogen (secondary N) is 2. The number of carbonyl (C=O) groups is 1. The molecule has 0 saturated heterocycles. The van der Waals surface area contributed by atoms with E-state index in [0.717, 1.165) is 36.2 Å². The molecule has 1 aromatic heterocycles. The van der Waals surface area contributed by atoms with E-state index < -0.39 is 0 Å². The number of benzene rings is 2. The lowest BCUT2D eigenvalue weighted by molar-refractivity contribution is 0.0954. The highest BCUT2D eigenvalue weighted by atomic mass is 16.1. The van der Waals surface area contributed by atoms with Crippen molar-refractivity contribution < 1.29 is 4.79 Å². The standard InChI is InChI=1S/C19H22N4O/c1-2-11-20-12-13-21-19(24)15-7-9-16(10-8-15)23-14-22-17-5-3-4-6-18(17)23/h3-10,14,20H,2,11-13H2,1H3,(H,21,24). The molecule has 2 aromatic carbocycles. The van der Waals surface area contributed by atoms with Crippen molar-refractivity contribution in [1.29, 1.82) is 0 Å². The smallest absolute Gasteiger partial charge is 0.251 e. The maximum absolute atomic E-state index is 12.1. The molecule has 2 N–H and O–H groups in total. The quantitative estimate of drug-likeness (QED) is 0.658. The van der Waals surface area contributed by atoms with E-state index in [1.165, 1.54) is 0 Å². The van der Waals surface area contributed by atoms with Crippen molar-refractivity contribution in [2.75, 3.05) is 19.6 Å². The number of hydrogen-bond acceptors (Lipinski definition) is 3. The molecule has 0 unspecified atom stereocenters. The van der Waals surface area contributed by atoms with Gasteiger partial charge in [0.05, 0.1) is 11.0 Å². The molecule has 0 radical (unpaired) electrons. The Balaban J connectivity index is 1.66. The van der Waals surface area contributed by atoms with E-state index in [1.54, 1.807) is 6.33 Å². The third kappa shape index (κ3) is 3.63. The Morgan fingerprint density at radius 1 is 1.04 bits per heavy atom. The van der Waals surface area contributed by atoms with Crippen LogP contribution in [0.15, 0.2) is 54.9 Å². The van der Waals surface area contributed by atoms with E-state index in [1.807, 2.05) is 53.1 Å². The van der Waals surface area contributed by atoms with Crippen LogP contribution in [0, 0.1) is 0 Å². The number of hydrogen-bond donors (Lipinski definition) is 2. The van der Waals surface area contributed by atoms with Gasteiger partial charge in [-0.1, -0.05) is 19.1 Å². The third-order valence-electron chi connectivity index (χ3n) is 3.88. The number of fused-ring (bicyclic) bond motifs is 1. The molecule has 0 aliphatic rings. The first-order valence-electron chi connectivity index (χ1n) is 8.31. The molecule has 5 nitrogen and oxygen atoms in total. The van der Waals surface area contributed by atoms with Crippen LogP contribution in [-0.2, 0) is 0 Å². The Morgan fingerprint density at radius 2 is 1.83 bits per heavy atom. The summed E-state index contributed by atoms with van der Waals surface area (Å²) in [7, 11) is 0. The van der Waals surface area contributed by atoms with Gasteiger partial charge in [-0.25, -0.2) is 4.98 Å². The molecule has 0 spiro atoms. The van der Waals surface area contributed by atoms with E-state index in [9.17, 15) is 4.79 Å². The molecule has 3 aromatic rings. The lowest BCUT2D eigenvalue weighted by Crippen LogP contribution is -2.32. The van der Waals surface area contributed by atoms with Gasteiger partial charge in [0.2, 0.25) is 0 Å². The van der Waals surface area contributed by atoms with E-state index >= 15 is 0 Å². The number of para-hydroxylation sites is 2. The van der Waals surface area contributed by atoms with Crippen molar-refractivity contribution in [3.8, 4) is 5.69 Å². The average molecular weight is 322 g/mol. The van der Waals surface area contributed by atoms with Crippen LogP contribution < -0.4 is 10.6 Å². The second-order valence-electron chi connectivity index (χ2n) is 5.66. The van der Waals surface area contributed by atoms with Crippen LogP contribution in [0.2, 0.25) is 0 Å². The number of rotatable bonds is 7. The first kappa shape index (κ1) is 16.2. The zero-order valence-electron chi connectivity index (χ0n) is 13.8. The molecular formula is C19H22N4O. The molecule has 0 atom stereocenters. The average Bonchev–Trinajstić information content (AvgIpc) is 3.05. The van der Waals surface area contributed by atoms with Gasteiger partial charge in [0, 0.05) is 24.3 Å². The van der Waals surface area contributed by atoms with Crippen LogP contribution in [0.25, 0.3) is 16.7 Å². The van der Waals surface area contributed by atoms with Gasteiger partial charge in [-0.2, -0.15) is 0 Å². The van der Waals surface area contributed by atoms with Gasteiger partial charge in [-0.05, 0) is 49.4 Å². The summed E-state index contributed by atoms with van der Waals surface area (Å²) in [6.07, 6.45) is 2.90. The summed E-state index contributed by atoms with van der Waals surface area (Å²) in [5.41, 5.74) is 3.67. The summed E-state index contributed by atoms with van der Waals surface area (Å²) in [5, 5.41) is 6.18. The number of carbonyl (C=O) groups excluding carboxylic acids is 1. The normalized spacial score (nSPS) is 10.9. The summed E-state index contributed by atoms with van der Waals surface area (Å²) in [4.78, 5) is 16.5. The van der Waals surface area contributed by atoms with Gasteiger partial charge in [0.1, 0.15) is 6.33 Å². The minimum atomic E-state index is -0.0460. The fourth-order valence-electron chi connectivity index (χ4n) is 2.61. The zero-order valence-corrected chi connectivity index (χ0v) is 13.8. The van der Waals surface area contributed by atoms with Gasteiger partial charge < -0.3 is 10.6 Å². The summed E-state index contributed by atoms with van der Waals surface area (Å²) in [6.45, 7) is 4.52. The number of nitrogens with zero attached hydrogens (tertiary/aromatic N) is 2. The van der Waals surface area contributed by atoms with Crippen LogP contribution in [-0.4, -0.2) is 35.1 Å². The Morgan fingerprint density at radius 3 is 2.62 bits per heavy atom. The van der Waals surface area contributed by atoms with Gasteiger partial charge >= 0.3 is 0 Å².